The first kappa shape index (κ1) is 17.4. The van der Waals surface area contributed by atoms with Gasteiger partial charge < -0.3 is 5.32 Å². The smallest absolute Gasteiger partial charge is 0.263 e. The number of rotatable bonds is 6. The van der Waals surface area contributed by atoms with Crippen molar-refractivity contribution >= 4 is 27.5 Å². The van der Waals surface area contributed by atoms with E-state index >= 15 is 0 Å². The Balaban J connectivity index is 1.99. The number of amides is 1. The topological polar surface area (TPSA) is 64.0 Å². The number of aryl methyl sites for hydroxylation is 1. The van der Waals surface area contributed by atoms with E-state index in [4.69, 9.17) is 0 Å². The van der Waals surface area contributed by atoms with Gasteiger partial charge in [0.15, 0.2) is 0 Å². The Labute approximate surface area is 150 Å². The Bertz CT molecular complexity index is 944. The Kier molecular flexibility index (Phi) is 5.28. The van der Waals surface area contributed by atoms with Crippen LogP contribution in [0.3, 0.4) is 0 Å². The number of fused-ring (bicyclic) bond motifs is 1. The van der Waals surface area contributed by atoms with Crippen molar-refractivity contribution in [3.63, 3.8) is 0 Å². The van der Waals surface area contributed by atoms with E-state index in [1.54, 1.807) is 0 Å². The van der Waals surface area contributed by atoms with E-state index in [9.17, 15) is 9.59 Å². The Morgan fingerprint density at radius 3 is 2.76 bits per heavy atom. The summed E-state index contributed by atoms with van der Waals surface area (Å²) in [6.07, 6.45) is 3.41. The first-order chi connectivity index (χ1) is 12.1. The van der Waals surface area contributed by atoms with Crippen molar-refractivity contribution in [1.82, 2.24) is 14.9 Å². The number of hydrogen-bond donors (Lipinski definition) is 1. The fraction of sp³-hybridized carbons (Fsp3) is 0.316. The van der Waals surface area contributed by atoms with Crippen LogP contribution in [-0.2, 0) is 11.3 Å². The first-order valence-electron chi connectivity index (χ1n) is 8.42. The van der Waals surface area contributed by atoms with Crippen molar-refractivity contribution in [3.8, 4) is 11.1 Å². The predicted molar refractivity (Wildman–Crippen MR) is 102 cm³/mol. The minimum Gasteiger partial charge on any atom is -0.355 e. The monoisotopic (exact) mass is 355 g/mol. The molecule has 0 aliphatic rings. The largest absolute Gasteiger partial charge is 0.355 e. The molecule has 1 amide bonds. The van der Waals surface area contributed by atoms with Crippen molar-refractivity contribution in [2.45, 2.75) is 33.2 Å². The summed E-state index contributed by atoms with van der Waals surface area (Å²) in [5, 5.41) is 3.43. The molecule has 0 radical (unpaired) electrons. The van der Waals surface area contributed by atoms with Gasteiger partial charge in [-0.25, -0.2) is 4.98 Å². The summed E-state index contributed by atoms with van der Waals surface area (Å²) in [5.74, 6) is -0.162. The highest BCUT2D eigenvalue weighted by atomic mass is 32.1. The molecular formula is C19H21N3O2S. The van der Waals surface area contributed by atoms with Crippen LogP contribution in [0.15, 0.2) is 41.5 Å². The molecule has 1 N–H and O–H groups in total. The Morgan fingerprint density at radius 2 is 2.04 bits per heavy atom. The van der Waals surface area contributed by atoms with Gasteiger partial charge >= 0.3 is 0 Å². The van der Waals surface area contributed by atoms with Crippen LogP contribution < -0.4 is 10.9 Å². The van der Waals surface area contributed by atoms with Gasteiger partial charge in [0.2, 0.25) is 5.91 Å². The Morgan fingerprint density at radius 1 is 1.28 bits per heavy atom. The van der Waals surface area contributed by atoms with Crippen LogP contribution >= 0.6 is 11.3 Å². The standard InChI is InChI=1S/C19H21N3O2S/c1-3-4-10-20-15(23)11-22-12-21-18-17(19(22)24)16(13(2)25-18)14-8-6-5-7-9-14/h5-9,12H,3-4,10-11H2,1-2H3,(H,20,23). The number of hydrogen-bond acceptors (Lipinski definition) is 4. The molecule has 0 fully saturated rings. The number of nitrogens with zero attached hydrogens (tertiary/aromatic N) is 2. The molecule has 0 aliphatic carbocycles. The van der Waals surface area contributed by atoms with Crippen LogP contribution in [0.5, 0.6) is 0 Å². The number of carbonyl (C=O) groups excluding carboxylic acids is 1. The molecule has 2 heterocycles. The van der Waals surface area contributed by atoms with Crippen molar-refractivity contribution in [2.24, 2.45) is 0 Å². The quantitative estimate of drug-likeness (QED) is 0.690. The molecule has 6 heteroatoms. The first-order valence-corrected chi connectivity index (χ1v) is 9.24. The van der Waals surface area contributed by atoms with Crippen LogP contribution in [0.25, 0.3) is 21.3 Å². The summed E-state index contributed by atoms with van der Waals surface area (Å²) in [4.78, 5) is 31.2. The van der Waals surface area contributed by atoms with E-state index in [-0.39, 0.29) is 18.0 Å². The van der Waals surface area contributed by atoms with Crippen LogP contribution in [0, 0.1) is 6.92 Å². The third-order valence-corrected chi connectivity index (χ3v) is 5.10. The third-order valence-electron chi connectivity index (χ3n) is 4.08. The van der Waals surface area contributed by atoms with Crippen molar-refractivity contribution in [3.05, 3.63) is 51.9 Å². The van der Waals surface area contributed by atoms with Crippen molar-refractivity contribution in [1.29, 1.82) is 0 Å². The summed E-state index contributed by atoms with van der Waals surface area (Å²) in [6.45, 7) is 4.69. The van der Waals surface area contributed by atoms with Crippen molar-refractivity contribution in [2.75, 3.05) is 6.54 Å². The number of nitrogens with one attached hydrogen (secondary N) is 1. The predicted octanol–water partition coefficient (Wildman–Crippen LogP) is 3.35. The minimum absolute atomic E-state index is 0.00535. The highest BCUT2D eigenvalue weighted by Crippen LogP contribution is 2.35. The summed E-state index contributed by atoms with van der Waals surface area (Å²) in [7, 11) is 0. The number of unbranched alkanes of at least 4 members (excludes halogenated alkanes) is 1. The van der Waals surface area contributed by atoms with E-state index in [0.29, 0.717) is 16.8 Å². The minimum atomic E-state index is -0.168. The second kappa shape index (κ2) is 7.61. The van der Waals surface area contributed by atoms with Gasteiger partial charge in [0.1, 0.15) is 11.4 Å². The fourth-order valence-corrected chi connectivity index (χ4v) is 3.82. The van der Waals surface area contributed by atoms with Gasteiger partial charge in [-0.3, -0.25) is 14.2 Å². The lowest BCUT2D eigenvalue weighted by atomic mass is 10.0. The van der Waals surface area contributed by atoms with Crippen LogP contribution in [0.4, 0.5) is 0 Å². The summed E-state index contributed by atoms with van der Waals surface area (Å²) in [6, 6.07) is 9.83. The molecule has 130 valence electrons. The molecule has 0 atom stereocenters. The van der Waals surface area contributed by atoms with E-state index < -0.39 is 0 Å². The average molecular weight is 355 g/mol. The zero-order chi connectivity index (χ0) is 17.8. The van der Waals surface area contributed by atoms with Crippen LogP contribution in [-0.4, -0.2) is 22.0 Å². The summed E-state index contributed by atoms with van der Waals surface area (Å²) < 4.78 is 1.39. The third kappa shape index (κ3) is 3.64. The molecule has 0 saturated heterocycles. The molecule has 0 bridgehead atoms. The molecule has 3 rings (SSSR count). The molecule has 2 aromatic heterocycles. The van der Waals surface area contributed by atoms with Gasteiger partial charge in [-0.2, -0.15) is 0 Å². The molecule has 0 saturated carbocycles. The lowest BCUT2D eigenvalue weighted by Gasteiger charge is -2.07. The number of thiophene rings is 1. The fourth-order valence-electron chi connectivity index (χ4n) is 2.82. The maximum atomic E-state index is 13.0. The van der Waals surface area contributed by atoms with Gasteiger partial charge in [-0.05, 0) is 18.9 Å². The molecule has 1 aromatic carbocycles. The maximum Gasteiger partial charge on any atom is 0.263 e. The molecule has 25 heavy (non-hydrogen) atoms. The highest BCUT2D eigenvalue weighted by Gasteiger charge is 2.17. The second-order valence-electron chi connectivity index (χ2n) is 5.96. The summed E-state index contributed by atoms with van der Waals surface area (Å²) in [5.41, 5.74) is 1.74. The van der Waals surface area contributed by atoms with Gasteiger partial charge in [0.05, 0.1) is 11.7 Å². The molecular weight excluding hydrogens is 334 g/mol. The van der Waals surface area contributed by atoms with Crippen LogP contribution in [0.2, 0.25) is 0 Å². The zero-order valence-corrected chi connectivity index (χ0v) is 15.2. The van der Waals surface area contributed by atoms with E-state index in [1.165, 1.54) is 22.2 Å². The van der Waals surface area contributed by atoms with E-state index in [2.05, 4.69) is 17.2 Å². The van der Waals surface area contributed by atoms with Gasteiger partial charge in [-0.15, -0.1) is 11.3 Å². The van der Waals surface area contributed by atoms with Crippen LogP contribution in [0.1, 0.15) is 24.6 Å². The number of carbonyl (C=O) groups is 1. The zero-order valence-electron chi connectivity index (χ0n) is 14.4. The van der Waals surface area contributed by atoms with E-state index in [0.717, 1.165) is 28.8 Å². The normalized spacial score (nSPS) is 11.0. The molecule has 0 unspecified atom stereocenters. The number of aromatic nitrogens is 2. The van der Waals surface area contributed by atoms with E-state index in [1.807, 2.05) is 37.3 Å². The summed E-state index contributed by atoms with van der Waals surface area (Å²) >= 11 is 1.51. The lowest BCUT2D eigenvalue weighted by Crippen LogP contribution is -2.32. The molecule has 0 spiro atoms. The molecule has 0 aliphatic heterocycles. The highest BCUT2D eigenvalue weighted by molar-refractivity contribution is 7.19. The molecule has 5 nitrogen and oxygen atoms in total. The second-order valence-corrected chi connectivity index (χ2v) is 7.16. The maximum absolute atomic E-state index is 13.0. The SMILES string of the molecule is CCCCNC(=O)Cn1cnc2sc(C)c(-c3ccccc3)c2c1=O. The lowest BCUT2D eigenvalue weighted by molar-refractivity contribution is -0.121. The van der Waals surface area contributed by atoms with Gasteiger partial charge in [0, 0.05) is 17.0 Å². The van der Waals surface area contributed by atoms with Gasteiger partial charge in [-0.1, -0.05) is 43.7 Å². The van der Waals surface area contributed by atoms with Gasteiger partial charge in [0.25, 0.3) is 5.56 Å². The number of benzene rings is 1. The average Bonchev–Trinajstić information content (AvgIpc) is 2.95. The molecule has 3 aromatic rings. The Hall–Kier alpha value is -2.47. The van der Waals surface area contributed by atoms with Crippen molar-refractivity contribution < 1.29 is 4.79 Å².